The van der Waals surface area contributed by atoms with Crippen LogP contribution in [0.15, 0.2) is 42.0 Å². The minimum atomic E-state index is -4.68. The van der Waals surface area contributed by atoms with Crippen LogP contribution in [0.3, 0.4) is 0 Å². The molecule has 49 heavy (non-hydrogen) atoms. The van der Waals surface area contributed by atoms with Crippen molar-refractivity contribution in [1.29, 1.82) is 0 Å². The number of aliphatic hydroxyl groups is 1. The Kier molecular flexibility index (Phi) is 15.7. The number of halogens is 3. The Morgan fingerprint density at radius 2 is 1.69 bits per heavy atom. The molecule has 1 aromatic rings. The number of carbonyl (C=O) groups is 4. The van der Waals surface area contributed by atoms with Crippen LogP contribution in [0.2, 0.25) is 0 Å². The number of hydrogen-bond donors (Lipinski definition) is 3. The van der Waals surface area contributed by atoms with Gasteiger partial charge in [0.15, 0.2) is 12.4 Å². The Morgan fingerprint density at radius 1 is 1.00 bits per heavy atom. The monoisotopic (exact) mass is 696 g/mol. The molecule has 1 fully saturated rings. The van der Waals surface area contributed by atoms with E-state index in [-0.39, 0.29) is 55.1 Å². The van der Waals surface area contributed by atoms with Gasteiger partial charge >= 0.3 is 18.1 Å². The van der Waals surface area contributed by atoms with Gasteiger partial charge in [0.05, 0.1) is 12.2 Å². The fourth-order valence-electron chi connectivity index (χ4n) is 5.67. The number of fused-ring (bicyclic) bond motifs is 1. The largest absolute Gasteiger partial charge is 0.456 e. The topological polar surface area (TPSA) is 149 Å². The van der Waals surface area contributed by atoms with E-state index in [2.05, 4.69) is 29.2 Å². The lowest BCUT2D eigenvalue weighted by atomic mass is 9.91. The first-order valence-corrected chi connectivity index (χ1v) is 16.8. The second kappa shape index (κ2) is 19.4. The highest BCUT2D eigenvalue weighted by Gasteiger charge is 2.52. The predicted octanol–water partition coefficient (Wildman–Crippen LogP) is 4.92. The van der Waals surface area contributed by atoms with Crippen LogP contribution < -0.4 is 10.6 Å². The molecule has 0 radical (unpaired) electrons. The maximum Gasteiger partial charge on any atom is 0.422 e. The van der Waals surface area contributed by atoms with Crippen LogP contribution in [-0.4, -0.2) is 85.4 Å². The number of esters is 2. The second-order valence-electron chi connectivity index (χ2n) is 12.1. The number of ether oxygens (including phenoxy) is 4. The zero-order valence-corrected chi connectivity index (χ0v) is 28.0. The van der Waals surface area contributed by atoms with Crippen molar-refractivity contribution < 1.29 is 56.4 Å². The van der Waals surface area contributed by atoms with E-state index in [1.165, 1.54) is 12.1 Å². The van der Waals surface area contributed by atoms with Gasteiger partial charge in [-0.25, -0.2) is 9.59 Å². The summed E-state index contributed by atoms with van der Waals surface area (Å²) < 4.78 is 60.7. The maximum absolute atomic E-state index is 13.6. The third-order valence-electron chi connectivity index (χ3n) is 8.08. The first-order chi connectivity index (χ1) is 23.4. The molecule has 3 N–H and O–H groups in total. The van der Waals surface area contributed by atoms with Crippen LogP contribution in [0.1, 0.15) is 94.0 Å². The third kappa shape index (κ3) is 12.9. The summed E-state index contributed by atoms with van der Waals surface area (Å²) in [6.45, 7) is 2.38. The number of benzene rings is 1. The zero-order valence-electron chi connectivity index (χ0n) is 28.0. The highest BCUT2D eigenvalue weighted by atomic mass is 19.4. The van der Waals surface area contributed by atoms with Crippen molar-refractivity contribution in [1.82, 2.24) is 10.6 Å². The lowest BCUT2D eigenvalue weighted by molar-refractivity contribution is -0.190. The van der Waals surface area contributed by atoms with E-state index in [1.54, 1.807) is 18.2 Å². The summed E-state index contributed by atoms with van der Waals surface area (Å²) in [6.07, 6.45) is 3.42. The third-order valence-corrected chi connectivity index (χ3v) is 8.08. The van der Waals surface area contributed by atoms with Crippen LogP contribution in [0, 0.1) is 0 Å². The first kappa shape index (κ1) is 39.7. The van der Waals surface area contributed by atoms with E-state index in [0.29, 0.717) is 12.8 Å². The SMILES string of the molecule is CCCCCC1(CCCCC)O[C@@H]2[C@@H](C=C(C(=O)NCCC(=O)NCCO)C[C@H]2OC(=O)c2ccccc2C=CC(=O)OCC(F)(F)F)O1. The van der Waals surface area contributed by atoms with Gasteiger partial charge in [0.1, 0.15) is 18.3 Å². The lowest BCUT2D eigenvalue weighted by Crippen LogP contribution is -2.44. The van der Waals surface area contributed by atoms with Gasteiger partial charge < -0.3 is 34.7 Å². The lowest BCUT2D eigenvalue weighted by Gasteiger charge is -2.31. The molecular weight excluding hydrogens is 649 g/mol. The fourth-order valence-corrected chi connectivity index (χ4v) is 5.67. The normalized spacial score (nSPS) is 20.0. The predicted molar refractivity (Wildman–Crippen MR) is 173 cm³/mol. The fraction of sp³-hybridized carbons (Fsp3) is 0.600. The van der Waals surface area contributed by atoms with Crippen LogP contribution in [-0.2, 0) is 33.3 Å². The highest BCUT2D eigenvalue weighted by molar-refractivity contribution is 5.96. The molecule has 3 rings (SSSR count). The van der Waals surface area contributed by atoms with Crippen molar-refractivity contribution in [3.05, 3.63) is 53.1 Å². The molecule has 0 saturated carbocycles. The van der Waals surface area contributed by atoms with Crippen molar-refractivity contribution in [2.75, 3.05) is 26.3 Å². The van der Waals surface area contributed by atoms with Gasteiger partial charge in [0.2, 0.25) is 11.8 Å². The van der Waals surface area contributed by atoms with Gasteiger partial charge in [0, 0.05) is 50.4 Å². The standard InChI is InChI=1S/C35H47F3N2O9/c1-3-5-9-16-34(17-10-6-4-2)48-28-22-25(32(44)40-18-15-29(42)39-19-20-41)21-27(31(28)49-34)47-33(45)26-12-8-7-11-24(26)13-14-30(43)46-23-35(36,37)38/h7-8,11-14,22,27-28,31,41H,3-6,9-10,15-21,23H2,1-2H3,(H,39,42)(H,40,44)/t27-,28-,31+/m1/s1. The van der Waals surface area contributed by atoms with Crippen LogP contribution in [0.4, 0.5) is 13.2 Å². The molecule has 0 spiro atoms. The average Bonchev–Trinajstić information content (AvgIpc) is 3.44. The smallest absolute Gasteiger partial charge is 0.422 e. The number of amides is 2. The molecule has 0 unspecified atom stereocenters. The summed E-state index contributed by atoms with van der Waals surface area (Å²) in [5, 5.41) is 14.1. The van der Waals surface area contributed by atoms with Crippen LogP contribution in [0.5, 0.6) is 0 Å². The minimum absolute atomic E-state index is 0.00484. The van der Waals surface area contributed by atoms with E-state index < -0.39 is 54.7 Å². The summed E-state index contributed by atoms with van der Waals surface area (Å²) in [7, 11) is 0. The number of alkyl halides is 3. The van der Waals surface area contributed by atoms with Crippen molar-refractivity contribution >= 4 is 29.8 Å². The molecule has 3 atom stereocenters. The summed E-state index contributed by atoms with van der Waals surface area (Å²) >= 11 is 0. The van der Waals surface area contributed by atoms with Crippen molar-refractivity contribution in [2.45, 2.75) is 108 Å². The summed E-state index contributed by atoms with van der Waals surface area (Å²) in [5.74, 6) is -3.77. The quantitative estimate of drug-likeness (QED) is 0.104. The molecule has 1 saturated heterocycles. The van der Waals surface area contributed by atoms with E-state index in [0.717, 1.165) is 50.7 Å². The minimum Gasteiger partial charge on any atom is -0.456 e. The van der Waals surface area contributed by atoms with Gasteiger partial charge in [-0.2, -0.15) is 13.2 Å². The first-order valence-electron chi connectivity index (χ1n) is 16.8. The Morgan fingerprint density at radius 3 is 2.35 bits per heavy atom. The Hall–Kier alpha value is -3.75. The molecule has 1 aliphatic carbocycles. The molecule has 14 heteroatoms. The Labute approximate surface area is 284 Å². The molecule has 1 heterocycles. The van der Waals surface area contributed by atoms with E-state index in [9.17, 15) is 32.3 Å². The van der Waals surface area contributed by atoms with Crippen molar-refractivity contribution in [3.8, 4) is 0 Å². The van der Waals surface area contributed by atoms with E-state index in [1.807, 2.05) is 0 Å². The highest BCUT2D eigenvalue weighted by Crippen LogP contribution is 2.43. The molecule has 2 aliphatic rings. The molecule has 272 valence electrons. The number of hydrogen-bond acceptors (Lipinski definition) is 9. The number of aliphatic hydroxyl groups excluding tert-OH is 1. The Bertz CT molecular complexity index is 1320. The maximum atomic E-state index is 13.6. The van der Waals surface area contributed by atoms with Gasteiger partial charge in [-0.05, 0) is 36.6 Å². The number of unbranched alkanes of at least 4 members (excludes halogenated alkanes) is 4. The number of carbonyl (C=O) groups excluding carboxylic acids is 4. The number of rotatable bonds is 19. The van der Waals surface area contributed by atoms with E-state index >= 15 is 0 Å². The molecule has 0 aromatic heterocycles. The van der Waals surface area contributed by atoms with Crippen molar-refractivity contribution in [2.24, 2.45) is 0 Å². The van der Waals surface area contributed by atoms with Gasteiger partial charge in [0.25, 0.3) is 0 Å². The molecule has 2 amide bonds. The van der Waals surface area contributed by atoms with Gasteiger partial charge in [-0.15, -0.1) is 0 Å². The Balaban J connectivity index is 1.83. The second-order valence-corrected chi connectivity index (χ2v) is 12.1. The molecule has 0 bridgehead atoms. The zero-order chi connectivity index (χ0) is 35.9. The molecule has 1 aliphatic heterocycles. The van der Waals surface area contributed by atoms with Crippen LogP contribution in [0.25, 0.3) is 6.08 Å². The number of nitrogens with one attached hydrogen (secondary N) is 2. The van der Waals surface area contributed by atoms with Gasteiger partial charge in [-0.3, -0.25) is 9.59 Å². The summed E-state index contributed by atoms with van der Waals surface area (Å²) in [4.78, 5) is 50.7. The van der Waals surface area contributed by atoms with Gasteiger partial charge in [-0.1, -0.05) is 57.7 Å². The molecule has 11 nitrogen and oxygen atoms in total. The van der Waals surface area contributed by atoms with Crippen molar-refractivity contribution in [3.63, 3.8) is 0 Å². The molecule has 1 aromatic carbocycles. The average molecular weight is 697 g/mol. The summed E-state index contributed by atoms with van der Waals surface area (Å²) in [6, 6.07) is 6.08. The summed E-state index contributed by atoms with van der Waals surface area (Å²) in [5.41, 5.74) is 0.523. The molecular formula is C35H47F3N2O9. The van der Waals surface area contributed by atoms with Crippen LogP contribution >= 0.6 is 0 Å². The van der Waals surface area contributed by atoms with E-state index in [4.69, 9.17) is 19.3 Å².